The van der Waals surface area contributed by atoms with Crippen LogP contribution in [0, 0.1) is 0 Å². The summed E-state index contributed by atoms with van der Waals surface area (Å²) in [5.41, 5.74) is 0. The fourth-order valence-corrected chi connectivity index (χ4v) is 6.28. The van der Waals surface area contributed by atoms with Gasteiger partial charge in [0.15, 0.2) is 5.78 Å². The van der Waals surface area contributed by atoms with Crippen molar-refractivity contribution in [1.29, 1.82) is 0 Å². The summed E-state index contributed by atoms with van der Waals surface area (Å²) in [6.07, 6.45) is 27.5. The third-order valence-electron chi connectivity index (χ3n) is 6.32. The number of hydrogen-bond acceptors (Lipinski definition) is 2. The van der Waals surface area contributed by atoms with E-state index in [1.165, 1.54) is 83.5 Å². The Labute approximate surface area is 201 Å². The molecule has 0 saturated heterocycles. The van der Waals surface area contributed by atoms with E-state index in [2.05, 4.69) is 19.1 Å². The smallest absolute Gasteiger partial charge is 0.320 e. The molecular formula is C27H57NO3P+. The van der Waals surface area contributed by atoms with Crippen LogP contribution < -0.4 is 0 Å². The number of unbranched alkanes of at least 4 members (excludes halogenated alkanes) is 15. The molecule has 0 fully saturated rings. The molecular weight excluding hydrogens is 417 g/mol. The quantitative estimate of drug-likeness (QED) is 0.0696. The third kappa shape index (κ3) is 18.3. The zero-order valence-corrected chi connectivity index (χ0v) is 23.2. The van der Waals surface area contributed by atoms with Gasteiger partial charge >= 0.3 is 7.60 Å². The van der Waals surface area contributed by atoms with E-state index in [1.807, 2.05) is 28.1 Å². The second-order valence-corrected chi connectivity index (χ2v) is 12.4. The molecule has 0 aliphatic heterocycles. The fourth-order valence-electron chi connectivity index (χ4n) is 4.38. The SMILES string of the molecule is CCCCCCCCCCCCCC/C=C\CCCCCOP(=O)(O)C(CC)[N+](C)(C)C. The first-order valence-electron chi connectivity index (χ1n) is 13.7. The highest BCUT2D eigenvalue weighted by Gasteiger charge is 2.41. The maximum absolute atomic E-state index is 12.5. The first-order chi connectivity index (χ1) is 15.3. The molecule has 0 spiro atoms. The van der Waals surface area contributed by atoms with Crippen molar-refractivity contribution in [1.82, 2.24) is 0 Å². The van der Waals surface area contributed by atoms with Gasteiger partial charge < -0.3 is 13.9 Å². The number of rotatable bonds is 23. The third-order valence-corrected chi connectivity index (χ3v) is 8.68. The zero-order valence-electron chi connectivity index (χ0n) is 22.3. The minimum Gasteiger partial charge on any atom is -0.320 e. The molecule has 0 heterocycles. The molecule has 192 valence electrons. The van der Waals surface area contributed by atoms with Crippen LogP contribution in [0.4, 0.5) is 0 Å². The Morgan fingerprint density at radius 1 is 0.719 bits per heavy atom. The molecule has 0 saturated carbocycles. The molecule has 5 heteroatoms. The van der Waals surface area contributed by atoms with Gasteiger partial charge in [-0.25, -0.2) is 0 Å². The summed E-state index contributed by atoms with van der Waals surface area (Å²) in [4.78, 5) is 10.3. The molecule has 0 aliphatic rings. The van der Waals surface area contributed by atoms with Crippen molar-refractivity contribution in [2.24, 2.45) is 0 Å². The van der Waals surface area contributed by atoms with Crippen LogP contribution in [0.1, 0.15) is 129 Å². The van der Waals surface area contributed by atoms with Gasteiger partial charge in [-0.3, -0.25) is 4.57 Å². The summed E-state index contributed by atoms with van der Waals surface area (Å²) in [6.45, 7) is 4.61. The minimum absolute atomic E-state index is 0.356. The summed E-state index contributed by atoms with van der Waals surface area (Å²) >= 11 is 0. The van der Waals surface area contributed by atoms with Gasteiger partial charge in [0.25, 0.3) is 0 Å². The molecule has 0 aliphatic carbocycles. The van der Waals surface area contributed by atoms with Gasteiger partial charge in [0, 0.05) is 6.42 Å². The number of hydrogen-bond donors (Lipinski definition) is 1. The van der Waals surface area contributed by atoms with Crippen LogP contribution in [0.5, 0.6) is 0 Å². The second kappa shape index (κ2) is 20.2. The number of quaternary nitrogens is 1. The minimum atomic E-state index is -3.56. The summed E-state index contributed by atoms with van der Waals surface area (Å²) in [5, 5.41) is 0. The molecule has 2 atom stereocenters. The van der Waals surface area contributed by atoms with Crippen LogP contribution >= 0.6 is 7.60 Å². The molecule has 0 aromatic carbocycles. The van der Waals surface area contributed by atoms with Crippen LogP contribution in [0.3, 0.4) is 0 Å². The molecule has 0 bridgehead atoms. The highest BCUT2D eigenvalue weighted by atomic mass is 31.2. The van der Waals surface area contributed by atoms with Crippen molar-refractivity contribution in [3.05, 3.63) is 12.2 Å². The van der Waals surface area contributed by atoms with E-state index in [0.717, 1.165) is 25.7 Å². The Morgan fingerprint density at radius 3 is 1.53 bits per heavy atom. The van der Waals surface area contributed by atoms with Crippen LogP contribution in [-0.2, 0) is 9.09 Å². The van der Waals surface area contributed by atoms with E-state index in [9.17, 15) is 9.46 Å². The van der Waals surface area contributed by atoms with Gasteiger partial charge in [0.1, 0.15) is 0 Å². The molecule has 1 N–H and O–H groups in total. The van der Waals surface area contributed by atoms with Gasteiger partial charge in [0.2, 0.25) is 0 Å². The molecule has 0 amide bonds. The molecule has 4 nitrogen and oxygen atoms in total. The Kier molecular flexibility index (Phi) is 20.1. The first kappa shape index (κ1) is 31.9. The van der Waals surface area contributed by atoms with Crippen molar-refractivity contribution in [2.75, 3.05) is 27.7 Å². The normalized spacial score (nSPS) is 15.3. The molecule has 0 radical (unpaired) electrons. The fraction of sp³-hybridized carbons (Fsp3) is 0.926. The highest BCUT2D eigenvalue weighted by molar-refractivity contribution is 7.53. The van der Waals surface area contributed by atoms with Gasteiger partial charge in [-0.05, 0) is 32.1 Å². The molecule has 0 aromatic heterocycles. The molecule has 32 heavy (non-hydrogen) atoms. The lowest BCUT2D eigenvalue weighted by Crippen LogP contribution is -2.44. The second-order valence-electron chi connectivity index (χ2n) is 10.4. The Bertz CT molecular complexity index is 488. The molecule has 0 rings (SSSR count). The first-order valence-corrected chi connectivity index (χ1v) is 15.3. The van der Waals surface area contributed by atoms with E-state index in [0.29, 0.717) is 17.5 Å². The van der Waals surface area contributed by atoms with Crippen LogP contribution in [-0.4, -0.2) is 42.9 Å². The van der Waals surface area contributed by atoms with Crippen molar-refractivity contribution in [3.63, 3.8) is 0 Å². The standard InChI is InChI=1S/C27H56NO3P/c1-6-8-9-10-11-12-13-14-15-16-17-18-19-20-21-22-23-24-25-26-31-32(29,30)27(7-2)28(3,4)5/h20-21,27H,6-19,22-26H2,1-5H3/p+1/b21-20-. The van der Waals surface area contributed by atoms with Gasteiger partial charge in [-0.2, -0.15) is 0 Å². The van der Waals surface area contributed by atoms with Gasteiger partial charge in [-0.1, -0.05) is 103 Å². The van der Waals surface area contributed by atoms with E-state index >= 15 is 0 Å². The van der Waals surface area contributed by atoms with Crippen LogP contribution in [0.25, 0.3) is 0 Å². The number of nitrogens with zero attached hydrogens (tertiary/aromatic N) is 1. The van der Waals surface area contributed by atoms with Crippen molar-refractivity contribution in [3.8, 4) is 0 Å². The van der Waals surface area contributed by atoms with Crippen molar-refractivity contribution in [2.45, 2.75) is 135 Å². The van der Waals surface area contributed by atoms with Gasteiger partial charge in [-0.15, -0.1) is 0 Å². The van der Waals surface area contributed by atoms with Crippen molar-refractivity contribution < 1.29 is 18.5 Å². The Balaban J connectivity index is 3.47. The van der Waals surface area contributed by atoms with Crippen LogP contribution in [0.15, 0.2) is 12.2 Å². The summed E-state index contributed by atoms with van der Waals surface area (Å²) in [7, 11) is 2.29. The maximum atomic E-state index is 12.5. The lowest BCUT2D eigenvalue weighted by Gasteiger charge is -2.35. The lowest BCUT2D eigenvalue weighted by molar-refractivity contribution is -0.883. The Morgan fingerprint density at radius 2 is 1.12 bits per heavy atom. The lowest BCUT2D eigenvalue weighted by atomic mass is 10.0. The van der Waals surface area contributed by atoms with E-state index in [1.54, 1.807) is 0 Å². The highest BCUT2D eigenvalue weighted by Crippen LogP contribution is 2.51. The maximum Gasteiger partial charge on any atom is 0.385 e. The average Bonchev–Trinajstić information content (AvgIpc) is 2.71. The van der Waals surface area contributed by atoms with E-state index in [4.69, 9.17) is 4.52 Å². The predicted octanol–water partition coefficient (Wildman–Crippen LogP) is 8.84. The largest absolute Gasteiger partial charge is 0.385 e. The predicted molar refractivity (Wildman–Crippen MR) is 141 cm³/mol. The average molecular weight is 475 g/mol. The topological polar surface area (TPSA) is 46.5 Å². The summed E-state index contributed by atoms with van der Waals surface area (Å²) in [6, 6.07) is 0. The monoisotopic (exact) mass is 474 g/mol. The van der Waals surface area contributed by atoms with E-state index in [-0.39, 0.29) is 5.78 Å². The zero-order chi connectivity index (χ0) is 24.1. The van der Waals surface area contributed by atoms with E-state index < -0.39 is 7.60 Å². The number of allylic oxidation sites excluding steroid dienone is 2. The summed E-state index contributed by atoms with van der Waals surface area (Å²) < 4.78 is 18.4. The Hall–Kier alpha value is -0.150. The molecule has 2 unspecified atom stereocenters. The van der Waals surface area contributed by atoms with Crippen molar-refractivity contribution >= 4 is 7.60 Å². The summed E-state index contributed by atoms with van der Waals surface area (Å²) in [5.74, 6) is -0.356. The van der Waals surface area contributed by atoms with Crippen LogP contribution in [0.2, 0.25) is 0 Å². The van der Waals surface area contributed by atoms with Gasteiger partial charge in [0.05, 0.1) is 27.7 Å². The molecule has 0 aromatic rings.